The summed E-state index contributed by atoms with van der Waals surface area (Å²) >= 11 is 0. The van der Waals surface area contributed by atoms with Crippen molar-refractivity contribution in [1.82, 2.24) is 0 Å². The zero-order valence-corrected chi connectivity index (χ0v) is 15.5. The Hall–Kier alpha value is -1.75. The molecule has 224 valence electrons. The average molecular weight is 620 g/mol. The first-order chi connectivity index (χ1) is 15.4. The van der Waals surface area contributed by atoms with E-state index in [0.717, 1.165) is 0 Å². The fraction of sp³-hybridized carbons (Fsp3) is 1.00. The lowest BCUT2D eigenvalue weighted by molar-refractivity contribution is -0.462. The maximum absolute atomic E-state index is 13.3. The quantitative estimate of drug-likeness (QED) is 0.229. The molecule has 0 aromatic rings. The third-order valence-electron chi connectivity index (χ3n) is 4.16. The zero-order valence-electron chi connectivity index (χ0n) is 15.5. The van der Waals surface area contributed by atoms with Crippen molar-refractivity contribution in [3.05, 3.63) is 0 Å². The average Bonchev–Trinajstić information content (AvgIpc) is 2.64. The van der Waals surface area contributed by atoms with Crippen LogP contribution in [0.5, 0.6) is 0 Å². The van der Waals surface area contributed by atoms with E-state index in [0.29, 0.717) is 0 Å². The third-order valence-corrected chi connectivity index (χ3v) is 4.16. The molecule has 0 aromatic heterocycles. The third kappa shape index (κ3) is 4.28. The number of hydrogen-bond donors (Lipinski definition) is 0. The largest absolute Gasteiger partial charge is 0.460 e. The van der Waals surface area contributed by atoms with Crippen molar-refractivity contribution in [2.24, 2.45) is 0 Å². The van der Waals surface area contributed by atoms with Crippen molar-refractivity contribution in [2.75, 3.05) is 0 Å². The van der Waals surface area contributed by atoms with E-state index in [1.165, 1.54) is 0 Å². The van der Waals surface area contributed by atoms with Gasteiger partial charge < -0.3 is 0 Å². The smallest absolute Gasteiger partial charge is 0.234 e. The molecular formula is C12HF25. The van der Waals surface area contributed by atoms with Crippen LogP contribution in [0.3, 0.4) is 0 Å². The lowest BCUT2D eigenvalue weighted by Crippen LogP contribution is -2.75. The highest BCUT2D eigenvalue weighted by Crippen LogP contribution is 2.65. The highest BCUT2D eigenvalue weighted by Gasteiger charge is 2.96. The number of rotatable bonds is 9. The summed E-state index contributed by atoms with van der Waals surface area (Å²) in [6.07, 6.45) is -23.7. The van der Waals surface area contributed by atoms with Gasteiger partial charge >= 0.3 is 65.7 Å². The molecule has 0 saturated carbocycles. The van der Waals surface area contributed by atoms with Crippen LogP contribution < -0.4 is 0 Å². The summed E-state index contributed by atoms with van der Waals surface area (Å²) in [7, 11) is 0. The van der Waals surface area contributed by atoms with Gasteiger partial charge in [-0.05, 0) is 0 Å². The molecule has 0 spiro atoms. The Morgan fingerprint density at radius 3 is 0.649 bits per heavy atom. The highest BCUT2D eigenvalue weighted by atomic mass is 19.4. The van der Waals surface area contributed by atoms with Crippen LogP contribution in [0, 0.1) is 0 Å². The standard InChI is InChI=1S/C12HF25/c13-1(3(16,17)5(20,21)9(28,29)11(32,33)34)2(14,15)4(18,19)6(22,23)7(24,25)8(26,27)10(30,31)12(35,36)37/h1H. The van der Waals surface area contributed by atoms with Crippen LogP contribution in [0.4, 0.5) is 110 Å². The molecule has 0 radical (unpaired) electrons. The fourth-order valence-corrected chi connectivity index (χ4v) is 1.91. The molecule has 0 aromatic carbocycles. The Bertz CT molecular complexity index is 822. The molecule has 25 heteroatoms. The first-order valence-electron chi connectivity index (χ1n) is 7.58. The Morgan fingerprint density at radius 1 is 0.243 bits per heavy atom. The molecule has 0 aliphatic carbocycles. The summed E-state index contributed by atoms with van der Waals surface area (Å²) in [6, 6.07) is 0. The Labute approximate surface area is 183 Å². The van der Waals surface area contributed by atoms with Gasteiger partial charge in [0.1, 0.15) is 0 Å². The Morgan fingerprint density at radius 2 is 0.405 bits per heavy atom. The van der Waals surface area contributed by atoms with E-state index in [4.69, 9.17) is 0 Å². The van der Waals surface area contributed by atoms with Crippen LogP contribution in [0.1, 0.15) is 0 Å². The molecule has 1 atom stereocenters. The minimum absolute atomic E-state index is 7.60. The minimum Gasteiger partial charge on any atom is -0.234 e. The predicted molar refractivity (Wildman–Crippen MR) is 61.5 cm³/mol. The summed E-state index contributed by atoms with van der Waals surface area (Å²) in [5.74, 6) is -80.0. The molecule has 0 fully saturated rings. The van der Waals surface area contributed by atoms with Gasteiger partial charge in [0.15, 0.2) is 0 Å². The van der Waals surface area contributed by atoms with Crippen molar-refractivity contribution >= 4 is 0 Å². The molecule has 0 nitrogen and oxygen atoms in total. The zero-order chi connectivity index (χ0) is 31.1. The van der Waals surface area contributed by atoms with Gasteiger partial charge in [0.05, 0.1) is 0 Å². The molecule has 0 heterocycles. The van der Waals surface area contributed by atoms with Crippen LogP contribution in [-0.2, 0) is 0 Å². The molecule has 1 unspecified atom stereocenters. The lowest BCUT2D eigenvalue weighted by atomic mass is 9.86. The molecular weight excluding hydrogens is 619 g/mol. The van der Waals surface area contributed by atoms with Crippen LogP contribution in [0.25, 0.3) is 0 Å². The molecule has 0 saturated heterocycles. The first-order valence-corrected chi connectivity index (χ1v) is 7.58. The van der Waals surface area contributed by atoms with E-state index < -0.39 is 71.8 Å². The van der Waals surface area contributed by atoms with Crippen molar-refractivity contribution in [2.45, 2.75) is 71.8 Å². The van der Waals surface area contributed by atoms with Gasteiger partial charge in [-0.15, -0.1) is 0 Å². The molecule has 0 rings (SSSR count). The monoisotopic (exact) mass is 620 g/mol. The van der Waals surface area contributed by atoms with Gasteiger partial charge in [0.2, 0.25) is 6.17 Å². The van der Waals surface area contributed by atoms with E-state index in [1.807, 2.05) is 0 Å². The van der Waals surface area contributed by atoms with E-state index in [2.05, 4.69) is 0 Å². The van der Waals surface area contributed by atoms with Gasteiger partial charge in [0.25, 0.3) is 0 Å². The van der Waals surface area contributed by atoms with Crippen LogP contribution in [0.2, 0.25) is 0 Å². The van der Waals surface area contributed by atoms with E-state index in [9.17, 15) is 110 Å². The fourth-order valence-electron chi connectivity index (χ4n) is 1.91. The van der Waals surface area contributed by atoms with Gasteiger partial charge in [-0.25, -0.2) is 4.39 Å². The highest BCUT2D eigenvalue weighted by molar-refractivity contribution is 5.17. The van der Waals surface area contributed by atoms with Gasteiger partial charge in [0, 0.05) is 0 Å². The maximum Gasteiger partial charge on any atom is 0.460 e. The summed E-state index contributed by atoms with van der Waals surface area (Å²) in [4.78, 5) is 0. The normalized spacial score (nSPS) is 17.8. The maximum atomic E-state index is 13.3. The molecule has 0 N–H and O–H groups in total. The molecule has 0 aliphatic heterocycles. The van der Waals surface area contributed by atoms with Crippen LogP contribution >= 0.6 is 0 Å². The second-order valence-corrected chi connectivity index (χ2v) is 6.62. The van der Waals surface area contributed by atoms with E-state index in [1.54, 1.807) is 0 Å². The van der Waals surface area contributed by atoms with Crippen molar-refractivity contribution in [3.8, 4) is 0 Å². The molecule has 37 heavy (non-hydrogen) atoms. The summed E-state index contributed by atoms with van der Waals surface area (Å²) < 4.78 is 319. The van der Waals surface area contributed by atoms with E-state index >= 15 is 0 Å². The number of hydrogen-bond acceptors (Lipinski definition) is 0. The topological polar surface area (TPSA) is 0 Å². The van der Waals surface area contributed by atoms with E-state index in [-0.39, 0.29) is 0 Å². The lowest BCUT2D eigenvalue weighted by Gasteiger charge is -2.43. The van der Waals surface area contributed by atoms with Crippen LogP contribution in [-0.4, -0.2) is 71.8 Å². The summed E-state index contributed by atoms with van der Waals surface area (Å²) in [5.41, 5.74) is 0. The first kappa shape index (κ1) is 35.2. The SMILES string of the molecule is FC(C(F)(F)C(F)(F)C(F)(F)C(F)(F)F)C(F)(F)C(F)(F)C(F)(F)C(F)(F)C(F)(F)C(F)(F)C(F)(F)F. The molecule has 0 bridgehead atoms. The number of alkyl halides is 25. The number of halogens is 25. The predicted octanol–water partition coefficient (Wildman–Crippen LogP) is 8.17. The van der Waals surface area contributed by atoms with Gasteiger partial charge in [-0.3, -0.25) is 0 Å². The van der Waals surface area contributed by atoms with Crippen LogP contribution in [0.15, 0.2) is 0 Å². The molecule has 0 aliphatic rings. The molecule has 0 amide bonds. The van der Waals surface area contributed by atoms with Crippen molar-refractivity contribution in [3.63, 3.8) is 0 Å². The Balaban J connectivity index is 7.04. The second-order valence-electron chi connectivity index (χ2n) is 6.62. The minimum atomic E-state index is -9.30. The second kappa shape index (κ2) is 8.37. The van der Waals surface area contributed by atoms with Crippen molar-refractivity contribution in [1.29, 1.82) is 0 Å². The summed E-state index contributed by atoms with van der Waals surface area (Å²) in [6.45, 7) is 0. The van der Waals surface area contributed by atoms with Crippen molar-refractivity contribution < 1.29 is 110 Å². The summed E-state index contributed by atoms with van der Waals surface area (Å²) in [5, 5.41) is 0. The van der Waals surface area contributed by atoms with Gasteiger partial charge in [-0.1, -0.05) is 0 Å². The Kier molecular flexibility index (Phi) is 7.98. The van der Waals surface area contributed by atoms with Gasteiger partial charge in [-0.2, -0.15) is 105 Å².